The molecule has 1 aliphatic heterocycles. The van der Waals surface area contributed by atoms with E-state index in [0.29, 0.717) is 12.5 Å². The molecule has 0 spiro atoms. The molecule has 3 rings (SSSR count). The predicted octanol–water partition coefficient (Wildman–Crippen LogP) is 7.29. The van der Waals surface area contributed by atoms with Crippen LogP contribution in [0.5, 0.6) is 0 Å². The standard InChI is InChI=1S/C27H39NO3S/c1-26(2,3)31-25(29)28-19-17-22(18-20-28)21-30-32(27(4,5)6,23-13-9-7-10-14-23)24-15-11-8-12-16-24/h7-16,22H,17-21H2,1-6H3. The van der Waals surface area contributed by atoms with Crippen molar-refractivity contribution in [1.29, 1.82) is 0 Å². The van der Waals surface area contributed by atoms with Crippen LogP contribution < -0.4 is 0 Å². The zero-order chi connectivity index (χ0) is 23.4. The monoisotopic (exact) mass is 457 g/mol. The summed E-state index contributed by atoms with van der Waals surface area (Å²) in [5, 5.41) is 0. The Labute approximate surface area is 195 Å². The van der Waals surface area contributed by atoms with Gasteiger partial charge in [-0.3, -0.25) is 0 Å². The molecule has 1 amide bonds. The molecular weight excluding hydrogens is 418 g/mol. The molecule has 0 N–H and O–H groups in total. The highest BCUT2D eigenvalue weighted by Crippen LogP contribution is 2.71. The number of nitrogens with zero attached hydrogens (tertiary/aromatic N) is 1. The van der Waals surface area contributed by atoms with Crippen molar-refractivity contribution in [3.05, 3.63) is 60.7 Å². The van der Waals surface area contributed by atoms with Crippen LogP contribution >= 0.6 is 10.3 Å². The van der Waals surface area contributed by atoms with E-state index in [4.69, 9.17) is 8.92 Å². The van der Waals surface area contributed by atoms with Gasteiger partial charge in [-0.05, 0) is 84.6 Å². The normalized spacial score (nSPS) is 16.6. The third kappa shape index (κ3) is 5.68. The lowest BCUT2D eigenvalue weighted by atomic mass is 9.98. The minimum absolute atomic E-state index is 0.0765. The molecule has 32 heavy (non-hydrogen) atoms. The largest absolute Gasteiger partial charge is 0.444 e. The van der Waals surface area contributed by atoms with Crippen molar-refractivity contribution in [2.24, 2.45) is 5.92 Å². The highest BCUT2D eigenvalue weighted by atomic mass is 32.3. The molecule has 0 radical (unpaired) electrons. The Morgan fingerprint density at radius 3 is 1.75 bits per heavy atom. The number of likely N-dealkylation sites (tertiary alicyclic amines) is 1. The average molecular weight is 458 g/mol. The fourth-order valence-corrected chi connectivity index (χ4v) is 7.98. The summed E-state index contributed by atoms with van der Waals surface area (Å²) in [6, 6.07) is 21.4. The van der Waals surface area contributed by atoms with Gasteiger partial charge in [-0.1, -0.05) is 46.7 Å². The molecule has 1 aliphatic rings. The number of rotatable bonds is 5. The third-order valence-corrected chi connectivity index (χ3v) is 9.85. The molecule has 0 atom stereocenters. The van der Waals surface area contributed by atoms with Gasteiger partial charge in [0.2, 0.25) is 0 Å². The van der Waals surface area contributed by atoms with E-state index >= 15 is 0 Å². The topological polar surface area (TPSA) is 38.8 Å². The van der Waals surface area contributed by atoms with E-state index in [0.717, 1.165) is 25.9 Å². The number of benzene rings is 2. The fourth-order valence-electron chi connectivity index (χ4n) is 4.19. The van der Waals surface area contributed by atoms with Crippen LogP contribution in [0.25, 0.3) is 0 Å². The first kappa shape index (κ1) is 24.7. The minimum atomic E-state index is -1.73. The lowest BCUT2D eigenvalue weighted by Crippen LogP contribution is -2.42. The number of amides is 1. The van der Waals surface area contributed by atoms with Crippen molar-refractivity contribution < 1.29 is 13.7 Å². The van der Waals surface area contributed by atoms with E-state index in [1.807, 2.05) is 25.7 Å². The first-order valence-corrected chi connectivity index (χ1v) is 13.1. The molecule has 0 bridgehead atoms. The van der Waals surface area contributed by atoms with Gasteiger partial charge in [0.25, 0.3) is 0 Å². The maximum atomic E-state index is 12.4. The van der Waals surface area contributed by atoms with Gasteiger partial charge in [0, 0.05) is 27.6 Å². The average Bonchev–Trinajstić information content (AvgIpc) is 2.74. The van der Waals surface area contributed by atoms with Gasteiger partial charge in [0.1, 0.15) is 5.60 Å². The van der Waals surface area contributed by atoms with Crippen LogP contribution in [0.15, 0.2) is 70.5 Å². The molecule has 0 saturated carbocycles. The van der Waals surface area contributed by atoms with E-state index < -0.39 is 15.9 Å². The molecule has 1 heterocycles. The molecule has 5 heteroatoms. The Morgan fingerprint density at radius 1 is 0.875 bits per heavy atom. The number of hydrogen-bond donors (Lipinski definition) is 0. The van der Waals surface area contributed by atoms with E-state index in [1.165, 1.54) is 9.79 Å². The van der Waals surface area contributed by atoms with Gasteiger partial charge >= 0.3 is 6.09 Å². The van der Waals surface area contributed by atoms with E-state index in [9.17, 15) is 4.79 Å². The molecule has 0 unspecified atom stereocenters. The molecule has 2 aromatic rings. The van der Waals surface area contributed by atoms with Crippen molar-refractivity contribution in [3.63, 3.8) is 0 Å². The predicted molar refractivity (Wildman–Crippen MR) is 133 cm³/mol. The van der Waals surface area contributed by atoms with Gasteiger partial charge in [-0.25, -0.2) is 4.79 Å². The second-order valence-corrected chi connectivity index (χ2v) is 14.0. The molecule has 4 nitrogen and oxygen atoms in total. The number of hydrogen-bond acceptors (Lipinski definition) is 3. The fraction of sp³-hybridized carbons (Fsp3) is 0.519. The third-order valence-electron chi connectivity index (χ3n) is 5.76. The summed E-state index contributed by atoms with van der Waals surface area (Å²) < 4.78 is 12.5. The lowest BCUT2D eigenvalue weighted by molar-refractivity contribution is 0.0167. The second kappa shape index (κ2) is 9.88. The summed E-state index contributed by atoms with van der Waals surface area (Å²) in [6.45, 7) is 14.7. The van der Waals surface area contributed by atoms with Crippen LogP contribution in [0, 0.1) is 5.92 Å². The van der Waals surface area contributed by atoms with Gasteiger partial charge in [-0.2, -0.15) is 0 Å². The van der Waals surface area contributed by atoms with Gasteiger partial charge in [0.15, 0.2) is 0 Å². The molecule has 1 saturated heterocycles. The van der Waals surface area contributed by atoms with Crippen molar-refractivity contribution in [3.8, 4) is 0 Å². The molecule has 176 valence electrons. The quantitative estimate of drug-likeness (QED) is 0.473. The zero-order valence-corrected chi connectivity index (χ0v) is 21.3. The zero-order valence-electron chi connectivity index (χ0n) is 20.5. The van der Waals surface area contributed by atoms with Crippen molar-refractivity contribution in [1.82, 2.24) is 4.90 Å². The molecule has 2 aromatic carbocycles. The highest BCUT2D eigenvalue weighted by Gasteiger charge is 2.42. The van der Waals surface area contributed by atoms with Crippen LogP contribution in [-0.2, 0) is 8.92 Å². The Kier molecular flexibility index (Phi) is 7.61. The Hall–Kier alpha value is -1.98. The Morgan fingerprint density at radius 2 is 1.34 bits per heavy atom. The smallest absolute Gasteiger partial charge is 0.410 e. The molecule has 0 aliphatic carbocycles. The minimum Gasteiger partial charge on any atom is -0.444 e. The van der Waals surface area contributed by atoms with Crippen molar-refractivity contribution in [2.45, 2.75) is 74.5 Å². The van der Waals surface area contributed by atoms with E-state index in [1.54, 1.807) is 0 Å². The van der Waals surface area contributed by atoms with Crippen LogP contribution in [0.3, 0.4) is 0 Å². The van der Waals surface area contributed by atoms with Crippen LogP contribution in [-0.4, -0.2) is 41.0 Å². The van der Waals surface area contributed by atoms with E-state index in [2.05, 4.69) is 81.4 Å². The number of carbonyl (C=O) groups is 1. The number of ether oxygens (including phenoxy) is 1. The van der Waals surface area contributed by atoms with Crippen LogP contribution in [0.4, 0.5) is 4.79 Å². The summed E-state index contributed by atoms with van der Waals surface area (Å²) in [4.78, 5) is 16.8. The van der Waals surface area contributed by atoms with Gasteiger partial charge in [-0.15, -0.1) is 0 Å². The Bertz CT molecular complexity index is 824. The molecular formula is C27H39NO3S. The first-order valence-electron chi connectivity index (χ1n) is 11.6. The van der Waals surface area contributed by atoms with Crippen molar-refractivity contribution >= 4 is 16.4 Å². The Balaban J connectivity index is 1.77. The van der Waals surface area contributed by atoms with Crippen LogP contribution in [0.1, 0.15) is 54.4 Å². The summed E-state index contributed by atoms with van der Waals surface area (Å²) in [6.07, 6.45) is 1.66. The highest BCUT2D eigenvalue weighted by molar-refractivity contribution is 8.31. The number of piperidine rings is 1. The van der Waals surface area contributed by atoms with Crippen molar-refractivity contribution in [2.75, 3.05) is 19.7 Å². The summed E-state index contributed by atoms with van der Waals surface area (Å²) in [5.41, 5.74) is -0.460. The summed E-state index contributed by atoms with van der Waals surface area (Å²) >= 11 is 0. The summed E-state index contributed by atoms with van der Waals surface area (Å²) in [7, 11) is -1.73. The van der Waals surface area contributed by atoms with Crippen LogP contribution in [0.2, 0.25) is 0 Å². The molecule has 0 aromatic heterocycles. The van der Waals surface area contributed by atoms with E-state index in [-0.39, 0.29) is 10.8 Å². The van der Waals surface area contributed by atoms with Gasteiger partial charge in [0.05, 0.1) is 6.61 Å². The van der Waals surface area contributed by atoms with Gasteiger partial charge < -0.3 is 13.8 Å². The maximum Gasteiger partial charge on any atom is 0.410 e. The number of carbonyl (C=O) groups excluding carboxylic acids is 1. The first-order chi connectivity index (χ1) is 15.0. The molecule has 1 fully saturated rings. The SMILES string of the molecule is CC(C)(C)OC(=O)N1CCC(COS(c2ccccc2)(c2ccccc2)C(C)(C)C)CC1. The lowest BCUT2D eigenvalue weighted by Gasteiger charge is -2.51. The second-order valence-electron chi connectivity index (χ2n) is 10.5. The maximum absolute atomic E-state index is 12.4. The summed E-state index contributed by atoms with van der Waals surface area (Å²) in [5.74, 6) is 0.426.